The molecule has 0 fully saturated rings. The summed E-state index contributed by atoms with van der Waals surface area (Å²) in [4.78, 5) is 20.0. The third-order valence-electron chi connectivity index (χ3n) is 2.93. The van der Waals surface area contributed by atoms with Gasteiger partial charge >= 0.3 is 5.97 Å². The van der Waals surface area contributed by atoms with Gasteiger partial charge in [0.15, 0.2) is 12.4 Å². The number of rotatable bonds is 10. The summed E-state index contributed by atoms with van der Waals surface area (Å²) in [6, 6.07) is 0. The summed E-state index contributed by atoms with van der Waals surface area (Å²) in [6.45, 7) is -1.60. The van der Waals surface area contributed by atoms with E-state index < -0.39 is 68.0 Å². The number of aldehydes is 1. The minimum atomic E-state index is -2.20. The maximum Gasteiger partial charge on any atom is 0.335 e. The van der Waals surface area contributed by atoms with E-state index in [1.165, 1.54) is 0 Å². The van der Waals surface area contributed by atoms with E-state index in [1.54, 1.807) is 0 Å². The van der Waals surface area contributed by atoms with Crippen molar-refractivity contribution in [3.05, 3.63) is 0 Å². The summed E-state index contributed by atoms with van der Waals surface area (Å²) >= 11 is 0. The molecule has 26 heavy (non-hydrogen) atoms. The predicted molar refractivity (Wildman–Crippen MR) is 81.7 cm³/mol. The van der Waals surface area contributed by atoms with E-state index in [-0.39, 0.29) is 44.0 Å². The molecular weight excluding hydrogens is 392 g/mol. The van der Waals surface area contributed by atoms with Crippen molar-refractivity contribution in [2.24, 2.45) is 0 Å². The van der Waals surface area contributed by atoms with Crippen LogP contribution < -0.4 is 0 Å². The number of hydrogen-bond acceptors (Lipinski definition) is 12. The smallest absolute Gasteiger partial charge is 0.335 e. The van der Waals surface area contributed by atoms with Crippen LogP contribution in [0.15, 0.2) is 0 Å². The molecule has 0 aromatic rings. The fraction of sp³-hybridized carbons (Fsp3) is 0.833. The van der Waals surface area contributed by atoms with Gasteiger partial charge in [0.2, 0.25) is 0 Å². The molecule has 0 unspecified atom stereocenters. The van der Waals surface area contributed by atoms with E-state index in [4.69, 9.17) is 56.2 Å². The van der Waals surface area contributed by atoms with Crippen LogP contribution in [0.4, 0.5) is 0 Å². The Morgan fingerprint density at radius 3 is 1.35 bits per heavy atom. The van der Waals surface area contributed by atoms with E-state index in [9.17, 15) is 9.59 Å². The minimum Gasteiger partial charge on any atom is -0.479 e. The van der Waals surface area contributed by atoms with Crippen LogP contribution in [0.2, 0.25) is 0 Å². The molecule has 13 nitrogen and oxygen atoms in total. The van der Waals surface area contributed by atoms with Gasteiger partial charge in [-0.3, -0.25) is 0 Å². The monoisotopic (exact) mass is 416 g/mol. The number of hydrogen-bond donors (Lipinski definition) is 11. The molecule has 0 rings (SSSR count). The number of carbonyl (C=O) groups is 2. The van der Waals surface area contributed by atoms with Crippen LogP contribution in [-0.4, -0.2) is 168 Å². The molecule has 8 atom stereocenters. The van der Waals surface area contributed by atoms with E-state index in [2.05, 4.69) is 0 Å². The van der Waals surface area contributed by atoms with Gasteiger partial charge in [-0.25, -0.2) is 4.79 Å². The first-order valence-electron chi connectivity index (χ1n) is 6.80. The second kappa shape index (κ2) is 16.0. The first-order chi connectivity index (χ1) is 11.5. The summed E-state index contributed by atoms with van der Waals surface area (Å²) in [5.41, 5.74) is 0. The molecule has 0 heterocycles. The number of aliphatic carboxylic acids is 1. The van der Waals surface area contributed by atoms with Gasteiger partial charge in [-0.15, -0.1) is 0 Å². The Labute approximate surface area is 177 Å². The van der Waals surface area contributed by atoms with Crippen molar-refractivity contribution in [1.29, 1.82) is 0 Å². The molecule has 0 saturated carbocycles. The zero-order valence-corrected chi connectivity index (χ0v) is 15.8. The molecule has 0 aliphatic heterocycles. The van der Waals surface area contributed by atoms with Crippen LogP contribution in [0.5, 0.6) is 0 Å². The van der Waals surface area contributed by atoms with Crippen LogP contribution in [-0.2, 0) is 9.59 Å². The van der Waals surface area contributed by atoms with Crippen molar-refractivity contribution in [2.45, 2.75) is 48.8 Å². The van der Waals surface area contributed by atoms with Gasteiger partial charge < -0.3 is 61.0 Å². The van der Waals surface area contributed by atoms with Crippen molar-refractivity contribution in [1.82, 2.24) is 0 Å². The first-order valence-corrected chi connectivity index (χ1v) is 6.80. The summed E-state index contributed by atoms with van der Waals surface area (Å²) in [5.74, 6) is -1.73. The molecule has 0 bridgehead atoms. The summed E-state index contributed by atoms with van der Waals surface area (Å²) < 4.78 is 0. The number of carbonyl (C=O) groups excluding carboxylic acids is 1. The maximum atomic E-state index is 10.1. The standard InChI is InChI=1S/C6H12O7.C6H12O6.Ca/c7-1-2(8)3(9)4(10)5(11)6(12)13;7-1-3(9)5(11)6(12)4(10)2-8;/h2-5,7-11H,1H2,(H,12,13);1,3-6,8-12H,2H2;/t2-,3-,4+,5-;3-,4+,5+,6+;/m10./s1. The molecule has 0 aromatic carbocycles. The van der Waals surface area contributed by atoms with Gasteiger partial charge in [-0.2, -0.15) is 0 Å². The van der Waals surface area contributed by atoms with Gasteiger partial charge in [-0.05, 0) is 0 Å². The number of carboxylic acid groups (broad SMARTS) is 1. The zero-order valence-electron chi connectivity index (χ0n) is 13.6. The molecular formula is C12H24CaO13. The molecule has 0 saturated heterocycles. The Kier molecular flexibility index (Phi) is 18.9. The fourth-order valence-electron chi connectivity index (χ4n) is 1.29. The molecule has 0 spiro atoms. The van der Waals surface area contributed by atoms with Gasteiger partial charge in [0, 0.05) is 37.7 Å². The van der Waals surface area contributed by atoms with Gasteiger partial charge in [-0.1, -0.05) is 0 Å². The van der Waals surface area contributed by atoms with Crippen molar-refractivity contribution >= 4 is 50.0 Å². The first kappa shape index (κ1) is 30.7. The Morgan fingerprint density at radius 2 is 1.08 bits per heavy atom. The van der Waals surface area contributed by atoms with E-state index in [0.29, 0.717) is 0 Å². The minimum absolute atomic E-state index is 0. The third-order valence-corrected chi connectivity index (χ3v) is 2.93. The quantitative estimate of drug-likeness (QED) is 0.117. The number of aliphatic hydroxyl groups is 10. The summed E-state index contributed by atoms with van der Waals surface area (Å²) in [6.07, 6.45) is -14.7. The average Bonchev–Trinajstić information content (AvgIpc) is 2.62. The van der Waals surface area contributed by atoms with Gasteiger partial charge in [0.1, 0.15) is 42.7 Å². The van der Waals surface area contributed by atoms with Crippen LogP contribution in [0.25, 0.3) is 0 Å². The van der Waals surface area contributed by atoms with Crippen LogP contribution in [0.1, 0.15) is 0 Å². The average molecular weight is 416 g/mol. The van der Waals surface area contributed by atoms with Crippen molar-refractivity contribution in [2.75, 3.05) is 13.2 Å². The second-order valence-corrected chi connectivity index (χ2v) is 4.87. The van der Waals surface area contributed by atoms with E-state index in [0.717, 1.165) is 0 Å². The van der Waals surface area contributed by atoms with Crippen LogP contribution in [0, 0.1) is 0 Å². The number of aliphatic hydroxyl groups excluding tert-OH is 10. The fourth-order valence-corrected chi connectivity index (χ4v) is 1.29. The number of carboxylic acids is 1. The molecule has 14 heteroatoms. The molecule has 2 radical (unpaired) electrons. The van der Waals surface area contributed by atoms with Gasteiger partial charge in [0.05, 0.1) is 13.2 Å². The maximum absolute atomic E-state index is 10.1. The Hall–Kier alpha value is -0.000260. The molecule has 0 aliphatic rings. The van der Waals surface area contributed by atoms with Gasteiger partial charge in [0.25, 0.3) is 0 Å². The Bertz CT molecular complexity index is 384. The largest absolute Gasteiger partial charge is 0.479 e. The molecule has 0 aromatic heterocycles. The second-order valence-electron chi connectivity index (χ2n) is 4.87. The molecule has 152 valence electrons. The van der Waals surface area contributed by atoms with Crippen LogP contribution >= 0.6 is 0 Å². The molecule has 0 aliphatic carbocycles. The SMILES string of the molecule is O=C(O)[C@H](O)[C@@H](O)[C@H](O)[C@H](O)CO.O=C[C@H](O)[C@@H](O)[C@H](O)[C@H](O)CO.[Ca]. The molecule has 11 N–H and O–H groups in total. The van der Waals surface area contributed by atoms with Crippen LogP contribution in [0.3, 0.4) is 0 Å². The van der Waals surface area contributed by atoms with E-state index >= 15 is 0 Å². The van der Waals surface area contributed by atoms with Crippen molar-refractivity contribution in [3.8, 4) is 0 Å². The zero-order chi connectivity index (χ0) is 20.3. The Balaban J connectivity index is -0.000000393. The predicted octanol–water partition coefficient (Wildman–Crippen LogP) is -7.25. The summed E-state index contributed by atoms with van der Waals surface area (Å²) in [7, 11) is 0. The van der Waals surface area contributed by atoms with E-state index in [1.807, 2.05) is 0 Å². The van der Waals surface area contributed by atoms with Crippen molar-refractivity contribution < 1.29 is 65.8 Å². The normalized spacial score (nSPS) is 19.9. The van der Waals surface area contributed by atoms with Crippen molar-refractivity contribution in [3.63, 3.8) is 0 Å². The third kappa shape index (κ3) is 11.0. The molecule has 0 amide bonds. The topological polar surface area (TPSA) is 257 Å². The Morgan fingerprint density at radius 1 is 0.731 bits per heavy atom. The summed E-state index contributed by atoms with van der Waals surface area (Å²) in [5, 5.41) is 95.4.